The second-order valence-electron chi connectivity index (χ2n) is 7.79. The molecule has 1 fully saturated rings. The van der Waals surface area contributed by atoms with E-state index in [0.29, 0.717) is 37.8 Å². The molecular weight excluding hydrogens is 354 g/mol. The van der Waals surface area contributed by atoms with Gasteiger partial charge < -0.3 is 19.1 Å². The minimum absolute atomic E-state index is 0.0520. The number of amides is 1. The van der Waals surface area contributed by atoms with E-state index < -0.39 is 0 Å². The molecule has 7 nitrogen and oxygen atoms in total. The van der Waals surface area contributed by atoms with Gasteiger partial charge in [0.05, 0.1) is 13.2 Å². The highest BCUT2D eigenvalue weighted by Crippen LogP contribution is 2.27. The van der Waals surface area contributed by atoms with E-state index in [4.69, 9.17) is 4.74 Å². The highest BCUT2D eigenvalue weighted by atomic mass is 16.5. The fraction of sp³-hybridized carbons (Fsp3) is 0.571. The van der Waals surface area contributed by atoms with Crippen molar-refractivity contribution in [3.63, 3.8) is 0 Å². The summed E-state index contributed by atoms with van der Waals surface area (Å²) in [5, 5.41) is 8.91. The molecule has 0 N–H and O–H groups in total. The molecule has 2 aliphatic heterocycles. The molecule has 2 aromatic rings. The maximum atomic E-state index is 12.9. The number of likely N-dealkylation sites (tertiary alicyclic amines) is 1. The average molecular weight is 383 g/mol. The maximum absolute atomic E-state index is 12.9. The van der Waals surface area contributed by atoms with E-state index >= 15 is 0 Å². The van der Waals surface area contributed by atoms with Gasteiger partial charge in [-0.25, -0.2) is 0 Å². The van der Waals surface area contributed by atoms with Crippen molar-refractivity contribution in [1.29, 1.82) is 0 Å². The number of likely N-dealkylation sites (N-methyl/N-ethyl adjacent to an activating group) is 1. The van der Waals surface area contributed by atoms with Crippen molar-refractivity contribution in [2.45, 2.75) is 45.4 Å². The monoisotopic (exact) mass is 383 g/mol. The summed E-state index contributed by atoms with van der Waals surface area (Å²) in [6, 6.07) is 7.71. The zero-order valence-corrected chi connectivity index (χ0v) is 16.8. The molecule has 1 saturated heterocycles. The van der Waals surface area contributed by atoms with Crippen molar-refractivity contribution in [2.24, 2.45) is 0 Å². The number of carbonyl (C=O) groups excluding carboxylic acids is 1. The number of ether oxygens (including phenoxy) is 1. The number of nitrogens with zero attached hydrogens (tertiary/aromatic N) is 5. The fourth-order valence-corrected chi connectivity index (χ4v) is 4.18. The standard InChI is InChI=1S/C21H29N5O2/c1-3-28-15-16-6-8-17(9-7-16)21(27)25-11-12-26-19(14-25)22-23-20(26)18-5-4-10-24(2)13-18/h6-9,18H,3-5,10-15H2,1-2H3/t18-/m1/s1. The van der Waals surface area contributed by atoms with Crippen molar-refractivity contribution in [1.82, 2.24) is 24.6 Å². The van der Waals surface area contributed by atoms with Gasteiger partial charge in [-0.15, -0.1) is 10.2 Å². The molecule has 2 aliphatic rings. The average Bonchev–Trinajstić information content (AvgIpc) is 3.15. The molecule has 0 unspecified atom stereocenters. The number of fused-ring (bicyclic) bond motifs is 1. The number of hydrogen-bond donors (Lipinski definition) is 0. The molecule has 0 aliphatic carbocycles. The Morgan fingerprint density at radius 1 is 1.18 bits per heavy atom. The van der Waals surface area contributed by atoms with Gasteiger partial charge in [0.2, 0.25) is 0 Å². The molecule has 28 heavy (non-hydrogen) atoms. The van der Waals surface area contributed by atoms with Gasteiger partial charge in [-0.1, -0.05) is 12.1 Å². The lowest BCUT2D eigenvalue weighted by atomic mass is 9.97. The Morgan fingerprint density at radius 2 is 2.00 bits per heavy atom. The molecule has 0 spiro atoms. The number of benzene rings is 1. The SMILES string of the molecule is CCOCc1ccc(C(=O)N2CCn3c(nnc3[C@@H]3CCCN(C)C3)C2)cc1. The van der Waals surface area contributed by atoms with Gasteiger partial charge in [-0.3, -0.25) is 4.79 Å². The summed E-state index contributed by atoms with van der Waals surface area (Å²) in [5.41, 5.74) is 1.79. The molecule has 1 aromatic heterocycles. The minimum Gasteiger partial charge on any atom is -0.377 e. The number of piperidine rings is 1. The number of rotatable bonds is 5. The summed E-state index contributed by atoms with van der Waals surface area (Å²) in [7, 11) is 2.17. The van der Waals surface area contributed by atoms with Crippen molar-refractivity contribution in [2.75, 3.05) is 33.3 Å². The van der Waals surface area contributed by atoms with Gasteiger partial charge in [0, 0.05) is 37.7 Å². The van der Waals surface area contributed by atoms with E-state index in [1.807, 2.05) is 36.1 Å². The van der Waals surface area contributed by atoms with Gasteiger partial charge >= 0.3 is 0 Å². The second-order valence-corrected chi connectivity index (χ2v) is 7.79. The Bertz CT molecular complexity index is 817. The summed E-state index contributed by atoms with van der Waals surface area (Å²) in [6.07, 6.45) is 2.37. The van der Waals surface area contributed by atoms with Crippen LogP contribution in [0.15, 0.2) is 24.3 Å². The van der Waals surface area contributed by atoms with Crippen molar-refractivity contribution >= 4 is 5.91 Å². The van der Waals surface area contributed by atoms with Crippen LogP contribution in [0.1, 0.15) is 53.3 Å². The summed E-state index contributed by atoms with van der Waals surface area (Å²) in [6.45, 7) is 7.43. The smallest absolute Gasteiger partial charge is 0.254 e. The summed E-state index contributed by atoms with van der Waals surface area (Å²) < 4.78 is 7.65. The van der Waals surface area contributed by atoms with Crippen LogP contribution in [0.25, 0.3) is 0 Å². The second kappa shape index (κ2) is 8.41. The van der Waals surface area contributed by atoms with Crippen LogP contribution in [0.3, 0.4) is 0 Å². The van der Waals surface area contributed by atoms with Crippen LogP contribution in [-0.4, -0.2) is 63.8 Å². The predicted molar refractivity (Wildman–Crippen MR) is 106 cm³/mol. The van der Waals surface area contributed by atoms with Crippen LogP contribution < -0.4 is 0 Å². The summed E-state index contributed by atoms with van der Waals surface area (Å²) >= 11 is 0. The van der Waals surface area contributed by atoms with Crippen LogP contribution in [-0.2, 0) is 24.4 Å². The van der Waals surface area contributed by atoms with E-state index in [1.165, 1.54) is 12.8 Å². The molecule has 3 heterocycles. The number of carbonyl (C=O) groups is 1. The van der Waals surface area contributed by atoms with Gasteiger partial charge in [0.1, 0.15) is 5.82 Å². The molecule has 4 rings (SSSR count). The van der Waals surface area contributed by atoms with Gasteiger partial charge in [-0.2, -0.15) is 0 Å². The first-order valence-corrected chi connectivity index (χ1v) is 10.2. The van der Waals surface area contributed by atoms with Crippen molar-refractivity contribution in [3.8, 4) is 0 Å². The number of hydrogen-bond acceptors (Lipinski definition) is 5. The van der Waals surface area contributed by atoms with Crippen LogP contribution >= 0.6 is 0 Å². The van der Waals surface area contributed by atoms with Gasteiger partial charge in [-0.05, 0) is 51.1 Å². The van der Waals surface area contributed by atoms with Crippen LogP contribution in [0.5, 0.6) is 0 Å². The lowest BCUT2D eigenvalue weighted by molar-refractivity contribution is 0.0705. The first-order valence-electron chi connectivity index (χ1n) is 10.2. The van der Waals surface area contributed by atoms with Crippen LogP contribution in [0, 0.1) is 0 Å². The highest BCUT2D eigenvalue weighted by molar-refractivity contribution is 5.94. The first-order chi connectivity index (χ1) is 13.7. The fourth-order valence-electron chi connectivity index (χ4n) is 4.18. The molecule has 1 atom stereocenters. The van der Waals surface area contributed by atoms with Crippen molar-refractivity contribution < 1.29 is 9.53 Å². The zero-order valence-electron chi connectivity index (χ0n) is 16.8. The molecule has 0 saturated carbocycles. The van der Waals surface area contributed by atoms with Crippen LogP contribution in [0.4, 0.5) is 0 Å². The lowest BCUT2D eigenvalue weighted by Gasteiger charge is -2.32. The molecule has 0 radical (unpaired) electrons. The molecule has 1 amide bonds. The third-order valence-electron chi connectivity index (χ3n) is 5.73. The Hall–Kier alpha value is -2.25. The zero-order chi connectivity index (χ0) is 19.5. The van der Waals surface area contributed by atoms with Gasteiger partial charge in [0.15, 0.2) is 5.82 Å². The lowest BCUT2D eigenvalue weighted by Crippen LogP contribution is -2.39. The molecule has 1 aromatic carbocycles. The first kappa shape index (κ1) is 19.1. The van der Waals surface area contributed by atoms with E-state index in [2.05, 4.69) is 26.7 Å². The van der Waals surface area contributed by atoms with Crippen LogP contribution in [0.2, 0.25) is 0 Å². The topological polar surface area (TPSA) is 63.5 Å². The minimum atomic E-state index is 0.0520. The third kappa shape index (κ3) is 3.95. The van der Waals surface area contributed by atoms with E-state index in [0.717, 1.165) is 36.8 Å². The van der Waals surface area contributed by atoms with Gasteiger partial charge in [0.25, 0.3) is 5.91 Å². The molecular formula is C21H29N5O2. The molecule has 0 bridgehead atoms. The number of aromatic nitrogens is 3. The van der Waals surface area contributed by atoms with Crippen molar-refractivity contribution in [3.05, 3.63) is 47.0 Å². The normalized spacial score (nSPS) is 20.2. The maximum Gasteiger partial charge on any atom is 0.254 e. The predicted octanol–water partition coefficient (Wildman–Crippen LogP) is 2.28. The Kier molecular flexibility index (Phi) is 5.73. The highest BCUT2D eigenvalue weighted by Gasteiger charge is 2.29. The largest absolute Gasteiger partial charge is 0.377 e. The Labute approximate surface area is 166 Å². The Morgan fingerprint density at radius 3 is 2.75 bits per heavy atom. The molecule has 150 valence electrons. The quantitative estimate of drug-likeness (QED) is 0.793. The Balaban J connectivity index is 1.43. The summed E-state index contributed by atoms with van der Waals surface area (Å²) in [4.78, 5) is 17.2. The van der Waals surface area contributed by atoms with E-state index in [-0.39, 0.29) is 5.91 Å². The van der Waals surface area contributed by atoms with E-state index in [1.54, 1.807) is 0 Å². The molecule has 7 heteroatoms. The van der Waals surface area contributed by atoms with E-state index in [9.17, 15) is 4.79 Å². The summed E-state index contributed by atoms with van der Waals surface area (Å²) in [5.74, 6) is 2.49. The third-order valence-corrected chi connectivity index (χ3v) is 5.73.